The van der Waals surface area contributed by atoms with Crippen molar-refractivity contribution in [3.05, 3.63) is 71.8 Å². The van der Waals surface area contributed by atoms with Gasteiger partial charge in [0, 0.05) is 0 Å². The lowest BCUT2D eigenvalue weighted by Gasteiger charge is -2.13. The van der Waals surface area contributed by atoms with Crippen LogP contribution in [0.4, 0.5) is 0 Å². The van der Waals surface area contributed by atoms with E-state index < -0.39 is 0 Å². The molecule has 22 heavy (non-hydrogen) atoms. The molecular weight excluding hydrogens is 290 g/mol. The quantitative estimate of drug-likeness (QED) is 0.726. The Hall–Kier alpha value is -1.75. The van der Waals surface area contributed by atoms with E-state index in [1.165, 1.54) is 16.0 Å². The Morgan fingerprint density at radius 1 is 0.818 bits per heavy atom. The van der Waals surface area contributed by atoms with Gasteiger partial charge in [-0.3, -0.25) is 0 Å². The van der Waals surface area contributed by atoms with E-state index >= 15 is 0 Å². The van der Waals surface area contributed by atoms with E-state index in [2.05, 4.69) is 86.4 Å². The van der Waals surface area contributed by atoms with E-state index in [1.54, 1.807) is 0 Å². The Morgan fingerprint density at radius 3 is 1.68 bits per heavy atom. The minimum absolute atomic E-state index is 0. The zero-order valence-electron chi connectivity index (χ0n) is 13.4. The molecule has 1 nitrogen and oxygen atoms in total. The highest BCUT2D eigenvalue weighted by Gasteiger charge is 2.10. The molecule has 0 aliphatic heterocycles. The van der Waals surface area contributed by atoms with Gasteiger partial charge in [-0.15, -0.1) is 0 Å². The van der Waals surface area contributed by atoms with Crippen LogP contribution in [0.3, 0.4) is 0 Å². The second kappa shape index (κ2) is 10.1. The summed E-state index contributed by atoms with van der Waals surface area (Å²) >= 11 is 0. The first-order valence-corrected chi connectivity index (χ1v) is 7.77. The van der Waals surface area contributed by atoms with Crippen LogP contribution in [0.1, 0.15) is 30.9 Å². The molecule has 0 aliphatic rings. The highest BCUT2D eigenvalue weighted by molar-refractivity contribution is 5.40. The predicted octanol–water partition coefficient (Wildman–Crippen LogP) is -0.249. The molecule has 116 valence electrons. The fourth-order valence-corrected chi connectivity index (χ4v) is 2.43. The van der Waals surface area contributed by atoms with Crippen LogP contribution in [0.2, 0.25) is 0 Å². The number of halogens is 1. The van der Waals surface area contributed by atoms with Crippen molar-refractivity contribution in [2.75, 3.05) is 19.6 Å². The maximum Gasteiger partial charge on any atom is 0.139 e. The van der Waals surface area contributed by atoms with E-state index in [0.29, 0.717) is 0 Å². The van der Waals surface area contributed by atoms with Crippen molar-refractivity contribution in [3.8, 4) is 11.8 Å². The number of hydrogen-bond acceptors (Lipinski definition) is 0. The SMILES string of the molecule is CC[NH+](CC)CC#CC(c1ccccc1)c1ccccc1.[Cl-]. The van der Waals surface area contributed by atoms with E-state index in [4.69, 9.17) is 0 Å². The first-order valence-electron chi connectivity index (χ1n) is 7.77. The van der Waals surface area contributed by atoms with Crippen molar-refractivity contribution in [1.29, 1.82) is 0 Å². The maximum atomic E-state index is 3.48. The van der Waals surface area contributed by atoms with Gasteiger partial charge in [-0.05, 0) is 30.9 Å². The van der Waals surface area contributed by atoms with Crippen LogP contribution in [0.25, 0.3) is 0 Å². The molecule has 0 bridgehead atoms. The molecule has 0 spiro atoms. The molecule has 0 aliphatic carbocycles. The Morgan fingerprint density at radius 2 is 1.27 bits per heavy atom. The number of nitrogens with one attached hydrogen (secondary N) is 1. The minimum Gasteiger partial charge on any atom is -1.00 e. The van der Waals surface area contributed by atoms with Gasteiger partial charge in [0.05, 0.1) is 19.0 Å². The number of hydrogen-bond donors (Lipinski definition) is 1. The molecule has 0 aromatic heterocycles. The number of benzene rings is 2. The molecule has 0 amide bonds. The van der Waals surface area contributed by atoms with Crippen LogP contribution in [-0.2, 0) is 0 Å². The summed E-state index contributed by atoms with van der Waals surface area (Å²) in [5.41, 5.74) is 2.54. The van der Waals surface area contributed by atoms with Gasteiger partial charge in [-0.1, -0.05) is 66.6 Å². The standard InChI is InChI=1S/C20H23N.ClH/c1-3-21(4-2)17-11-16-20(18-12-7-5-8-13-18)19-14-9-6-10-15-19;/h5-10,12-15,20H,3-4,17H2,1-2H3;1H. The zero-order valence-corrected chi connectivity index (χ0v) is 14.1. The molecule has 2 aromatic carbocycles. The van der Waals surface area contributed by atoms with Crippen molar-refractivity contribution in [3.63, 3.8) is 0 Å². The van der Waals surface area contributed by atoms with Crippen molar-refractivity contribution in [2.45, 2.75) is 19.8 Å². The van der Waals surface area contributed by atoms with E-state index in [-0.39, 0.29) is 18.3 Å². The van der Waals surface area contributed by atoms with Gasteiger partial charge < -0.3 is 17.3 Å². The van der Waals surface area contributed by atoms with Crippen LogP contribution < -0.4 is 17.3 Å². The third-order valence-electron chi connectivity index (χ3n) is 3.85. The summed E-state index contributed by atoms with van der Waals surface area (Å²) in [6.45, 7) is 7.61. The van der Waals surface area contributed by atoms with Gasteiger partial charge in [0.1, 0.15) is 6.54 Å². The van der Waals surface area contributed by atoms with Gasteiger partial charge in [-0.25, -0.2) is 0 Å². The molecule has 0 atom stereocenters. The summed E-state index contributed by atoms with van der Waals surface area (Å²) in [5, 5.41) is 0. The molecule has 0 fully saturated rings. The van der Waals surface area contributed by atoms with Crippen molar-refractivity contribution < 1.29 is 17.3 Å². The zero-order chi connectivity index (χ0) is 14.9. The molecule has 2 aromatic rings. The molecule has 0 heterocycles. The smallest absolute Gasteiger partial charge is 0.139 e. The largest absolute Gasteiger partial charge is 1.00 e. The van der Waals surface area contributed by atoms with Gasteiger partial charge in [0.25, 0.3) is 0 Å². The van der Waals surface area contributed by atoms with Gasteiger partial charge in [0.15, 0.2) is 0 Å². The highest BCUT2D eigenvalue weighted by Crippen LogP contribution is 2.23. The van der Waals surface area contributed by atoms with Gasteiger partial charge >= 0.3 is 0 Å². The average molecular weight is 314 g/mol. The molecule has 0 unspecified atom stereocenters. The Kier molecular flexibility index (Phi) is 8.36. The van der Waals surface area contributed by atoms with E-state index in [9.17, 15) is 0 Å². The van der Waals surface area contributed by atoms with E-state index in [0.717, 1.165) is 19.6 Å². The Labute approximate surface area is 140 Å². The number of rotatable bonds is 5. The minimum atomic E-state index is 0. The lowest BCUT2D eigenvalue weighted by Crippen LogP contribution is -3.11. The topological polar surface area (TPSA) is 4.44 Å². The van der Waals surface area contributed by atoms with Crippen LogP contribution in [0.15, 0.2) is 60.7 Å². The van der Waals surface area contributed by atoms with Gasteiger partial charge in [0.2, 0.25) is 0 Å². The summed E-state index contributed by atoms with van der Waals surface area (Å²) < 4.78 is 0. The summed E-state index contributed by atoms with van der Waals surface area (Å²) in [6.07, 6.45) is 0. The fraction of sp³-hybridized carbons (Fsp3) is 0.300. The second-order valence-electron chi connectivity index (χ2n) is 5.21. The average Bonchev–Trinajstić information content (AvgIpc) is 2.57. The first kappa shape index (κ1) is 18.3. The summed E-state index contributed by atoms with van der Waals surface area (Å²) in [7, 11) is 0. The first-order chi connectivity index (χ1) is 10.3. The van der Waals surface area contributed by atoms with Gasteiger partial charge in [-0.2, -0.15) is 0 Å². The van der Waals surface area contributed by atoms with Crippen molar-refractivity contribution in [1.82, 2.24) is 0 Å². The summed E-state index contributed by atoms with van der Waals surface area (Å²) in [5.74, 6) is 7.05. The van der Waals surface area contributed by atoms with Crippen molar-refractivity contribution >= 4 is 0 Å². The lowest BCUT2D eigenvalue weighted by molar-refractivity contribution is -0.889. The van der Waals surface area contributed by atoms with E-state index in [1.807, 2.05) is 0 Å². The molecule has 0 saturated carbocycles. The van der Waals surface area contributed by atoms with Crippen LogP contribution in [0.5, 0.6) is 0 Å². The Balaban J connectivity index is 0.00000242. The monoisotopic (exact) mass is 313 g/mol. The third kappa shape index (κ3) is 5.22. The number of quaternary nitrogens is 1. The normalized spacial score (nSPS) is 10.0. The summed E-state index contributed by atoms with van der Waals surface area (Å²) in [6, 6.07) is 21.1. The fourth-order valence-electron chi connectivity index (χ4n) is 2.43. The van der Waals surface area contributed by atoms with Crippen LogP contribution in [0, 0.1) is 11.8 Å². The highest BCUT2D eigenvalue weighted by atomic mass is 35.5. The van der Waals surface area contributed by atoms with Crippen LogP contribution >= 0.6 is 0 Å². The molecule has 2 rings (SSSR count). The molecule has 0 saturated heterocycles. The van der Waals surface area contributed by atoms with Crippen LogP contribution in [-0.4, -0.2) is 19.6 Å². The molecule has 0 radical (unpaired) electrons. The predicted molar refractivity (Wildman–Crippen MR) is 89.4 cm³/mol. The molecule has 2 heteroatoms. The molecule has 1 N–H and O–H groups in total. The third-order valence-corrected chi connectivity index (χ3v) is 3.85. The second-order valence-corrected chi connectivity index (χ2v) is 5.21. The Bertz CT molecular complexity index is 540. The maximum absolute atomic E-state index is 3.48. The van der Waals surface area contributed by atoms with Crippen molar-refractivity contribution in [2.24, 2.45) is 0 Å². The molecular formula is C20H24ClN. The summed E-state index contributed by atoms with van der Waals surface area (Å²) in [4.78, 5) is 1.53. The lowest BCUT2D eigenvalue weighted by atomic mass is 9.92.